The Kier molecular flexibility index (Phi) is 8.85. The van der Waals surface area contributed by atoms with Crippen molar-refractivity contribution < 1.29 is 18.8 Å². The molecule has 2 aromatic heterocycles. The van der Waals surface area contributed by atoms with Crippen molar-refractivity contribution in [3.63, 3.8) is 0 Å². The smallest absolute Gasteiger partial charge is 0.290 e. The number of carbonyl (C=O) groups excluding carboxylic acids is 3. The zero-order valence-electron chi connectivity index (χ0n) is 17.1. The number of aromatic nitrogens is 1. The molecule has 0 fully saturated rings. The number of nitrogens with one attached hydrogen (secondary N) is 2. The number of thiazole rings is 1. The van der Waals surface area contributed by atoms with E-state index < -0.39 is 0 Å². The van der Waals surface area contributed by atoms with Crippen LogP contribution in [0.15, 0.2) is 28.2 Å². The van der Waals surface area contributed by atoms with Gasteiger partial charge in [0.25, 0.3) is 5.91 Å². The number of nitrogens with zero attached hydrogens (tertiary/aromatic N) is 2. The highest BCUT2D eigenvalue weighted by atomic mass is 32.1. The van der Waals surface area contributed by atoms with Gasteiger partial charge in [0, 0.05) is 18.5 Å². The Hall–Kier alpha value is -2.68. The topological polar surface area (TPSA) is 105 Å². The Bertz CT molecular complexity index is 801. The molecule has 2 N–H and O–H groups in total. The zero-order chi connectivity index (χ0) is 21.2. The Balaban J connectivity index is 1.90. The summed E-state index contributed by atoms with van der Waals surface area (Å²) in [5.74, 6) is -0.376. The molecule has 0 saturated heterocycles. The van der Waals surface area contributed by atoms with Gasteiger partial charge in [-0.25, -0.2) is 4.98 Å². The lowest BCUT2D eigenvalue weighted by atomic mass is 10.2. The predicted molar refractivity (Wildman–Crippen MR) is 112 cm³/mol. The summed E-state index contributed by atoms with van der Waals surface area (Å²) in [6.45, 7) is 6.97. The van der Waals surface area contributed by atoms with Crippen molar-refractivity contribution in [2.75, 3.05) is 25.0 Å². The first-order chi connectivity index (χ1) is 13.9. The van der Waals surface area contributed by atoms with Crippen LogP contribution in [-0.4, -0.2) is 47.2 Å². The molecule has 0 aliphatic rings. The maximum Gasteiger partial charge on any atom is 0.290 e. The molecule has 9 heteroatoms. The molecule has 0 saturated carbocycles. The Morgan fingerprint density at radius 3 is 2.72 bits per heavy atom. The highest BCUT2D eigenvalue weighted by Crippen LogP contribution is 2.16. The molecule has 2 heterocycles. The van der Waals surface area contributed by atoms with Gasteiger partial charge >= 0.3 is 0 Å². The van der Waals surface area contributed by atoms with Crippen molar-refractivity contribution in [2.24, 2.45) is 5.92 Å². The van der Waals surface area contributed by atoms with Gasteiger partial charge in [-0.1, -0.05) is 27.2 Å². The predicted octanol–water partition coefficient (Wildman–Crippen LogP) is 2.93. The van der Waals surface area contributed by atoms with Gasteiger partial charge in [-0.15, -0.1) is 11.3 Å². The fourth-order valence-corrected chi connectivity index (χ4v) is 3.35. The maximum absolute atomic E-state index is 12.6. The van der Waals surface area contributed by atoms with Crippen molar-refractivity contribution in [3.05, 3.63) is 35.2 Å². The monoisotopic (exact) mass is 420 g/mol. The van der Waals surface area contributed by atoms with Gasteiger partial charge in [0.05, 0.1) is 18.4 Å². The normalized spacial score (nSPS) is 10.8. The van der Waals surface area contributed by atoms with E-state index in [0.717, 1.165) is 12.8 Å². The van der Waals surface area contributed by atoms with Crippen LogP contribution in [0.2, 0.25) is 0 Å². The zero-order valence-corrected chi connectivity index (χ0v) is 17.9. The molecular formula is C20H28N4O4S. The number of amides is 3. The van der Waals surface area contributed by atoms with Crippen LogP contribution in [0, 0.1) is 5.92 Å². The van der Waals surface area contributed by atoms with Crippen LogP contribution in [0.25, 0.3) is 0 Å². The highest BCUT2D eigenvalue weighted by Gasteiger charge is 2.22. The maximum atomic E-state index is 12.6. The summed E-state index contributed by atoms with van der Waals surface area (Å²) >= 11 is 1.25. The third kappa shape index (κ3) is 7.69. The minimum Gasteiger partial charge on any atom is -0.459 e. The number of carbonyl (C=O) groups is 3. The lowest BCUT2D eigenvalue weighted by molar-refractivity contribution is -0.120. The molecule has 0 aliphatic carbocycles. The summed E-state index contributed by atoms with van der Waals surface area (Å²) in [5.41, 5.74) is 0.602. The van der Waals surface area contributed by atoms with Gasteiger partial charge < -0.3 is 20.0 Å². The van der Waals surface area contributed by atoms with E-state index in [1.54, 1.807) is 17.5 Å². The highest BCUT2D eigenvalue weighted by molar-refractivity contribution is 7.13. The fraction of sp³-hybridized carbons (Fsp3) is 0.500. The summed E-state index contributed by atoms with van der Waals surface area (Å²) in [4.78, 5) is 42.6. The first kappa shape index (κ1) is 22.6. The van der Waals surface area contributed by atoms with E-state index in [9.17, 15) is 14.4 Å². The van der Waals surface area contributed by atoms with Crippen LogP contribution < -0.4 is 10.6 Å². The number of rotatable bonds is 11. The molecule has 2 aromatic rings. The Labute approximate surface area is 174 Å². The third-order valence-corrected chi connectivity index (χ3v) is 4.74. The molecule has 158 valence electrons. The first-order valence-corrected chi connectivity index (χ1v) is 10.6. The summed E-state index contributed by atoms with van der Waals surface area (Å²) < 4.78 is 5.16. The van der Waals surface area contributed by atoms with E-state index in [-0.39, 0.29) is 42.4 Å². The van der Waals surface area contributed by atoms with Crippen LogP contribution in [0.4, 0.5) is 5.13 Å². The fourth-order valence-electron chi connectivity index (χ4n) is 2.63. The largest absolute Gasteiger partial charge is 0.459 e. The van der Waals surface area contributed by atoms with E-state index in [2.05, 4.69) is 22.5 Å². The number of hydrogen-bond donors (Lipinski definition) is 2. The van der Waals surface area contributed by atoms with Crippen LogP contribution in [0.1, 0.15) is 49.9 Å². The van der Waals surface area contributed by atoms with Crippen molar-refractivity contribution >= 4 is 34.2 Å². The molecule has 0 atom stereocenters. The molecule has 8 nitrogen and oxygen atoms in total. The van der Waals surface area contributed by atoms with Crippen molar-refractivity contribution in [1.29, 1.82) is 0 Å². The SMILES string of the molecule is CCCCNC(=O)Cc1csc(NC(=O)CN(CC(C)C)C(=O)c2ccco2)n1. The average molecular weight is 421 g/mol. The molecular weight excluding hydrogens is 392 g/mol. The molecule has 3 amide bonds. The summed E-state index contributed by atoms with van der Waals surface area (Å²) in [5, 5.41) is 7.69. The molecule has 0 spiro atoms. The van der Waals surface area contributed by atoms with Crippen LogP contribution in [0.3, 0.4) is 0 Å². The van der Waals surface area contributed by atoms with Gasteiger partial charge in [0.1, 0.15) is 6.54 Å². The van der Waals surface area contributed by atoms with E-state index in [4.69, 9.17) is 4.42 Å². The Morgan fingerprint density at radius 2 is 2.07 bits per heavy atom. The molecule has 2 rings (SSSR count). The summed E-state index contributed by atoms with van der Waals surface area (Å²) in [6.07, 6.45) is 3.56. The van der Waals surface area contributed by atoms with Crippen LogP contribution in [0.5, 0.6) is 0 Å². The summed E-state index contributed by atoms with van der Waals surface area (Å²) in [6, 6.07) is 3.21. The molecule has 0 radical (unpaired) electrons. The number of anilines is 1. The second kappa shape index (κ2) is 11.4. The molecule has 29 heavy (non-hydrogen) atoms. The van der Waals surface area contributed by atoms with Gasteiger partial charge in [-0.05, 0) is 24.5 Å². The molecule has 0 aliphatic heterocycles. The minimum atomic E-state index is -0.348. The van der Waals surface area contributed by atoms with Gasteiger partial charge in [0.2, 0.25) is 11.8 Å². The average Bonchev–Trinajstić information content (AvgIpc) is 3.32. The molecule has 0 aromatic carbocycles. The van der Waals surface area contributed by atoms with Gasteiger partial charge in [0.15, 0.2) is 10.9 Å². The van der Waals surface area contributed by atoms with Gasteiger partial charge in [-0.3, -0.25) is 14.4 Å². The van der Waals surface area contributed by atoms with E-state index in [1.807, 2.05) is 13.8 Å². The van der Waals surface area contributed by atoms with Gasteiger partial charge in [-0.2, -0.15) is 0 Å². The van der Waals surface area contributed by atoms with E-state index >= 15 is 0 Å². The van der Waals surface area contributed by atoms with Crippen molar-refractivity contribution in [2.45, 2.75) is 40.0 Å². The van der Waals surface area contributed by atoms with Crippen molar-refractivity contribution in [3.8, 4) is 0 Å². The minimum absolute atomic E-state index is 0.0891. The lowest BCUT2D eigenvalue weighted by Gasteiger charge is -2.22. The Morgan fingerprint density at radius 1 is 1.28 bits per heavy atom. The number of unbranched alkanes of at least 4 members (excludes halogenated alkanes) is 1. The first-order valence-electron chi connectivity index (χ1n) is 9.72. The second-order valence-electron chi connectivity index (χ2n) is 7.13. The lowest BCUT2D eigenvalue weighted by Crippen LogP contribution is -2.40. The van der Waals surface area contributed by atoms with Crippen LogP contribution >= 0.6 is 11.3 Å². The molecule has 0 bridgehead atoms. The van der Waals surface area contributed by atoms with E-state index in [0.29, 0.717) is 23.9 Å². The number of hydrogen-bond acceptors (Lipinski definition) is 6. The third-order valence-electron chi connectivity index (χ3n) is 3.93. The second-order valence-corrected chi connectivity index (χ2v) is 7.99. The number of furan rings is 1. The quantitative estimate of drug-likeness (QED) is 0.544. The van der Waals surface area contributed by atoms with Crippen LogP contribution in [-0.2, 0) is 16.0 Å². The molecule has 0 unspecified atom stereocenters. The standard InChI is InChI=1S/C20H28N4O4S/c1-4-5-8-21-17(25)10-15-13-29-20(22-15)23-18(26)12-24(11-14(2)3)19(27)16-7-6-9-28-16/h6-7,9,13-14H,4-5,8,10-12H2,1-3H3,(H,21,25)(H,22,23,26). The van der Waals surface area contributed by atoms with E-state index in [1.165, 1.54) is 22.5 Å². The summed E-state index contributed by atoms with van der Waals surface area (Å²) in [7, 11) is 0. The van der Waals surface area contributed by atoms with Crippen molar-refractivity contribution in [1.82, 2.24) is 15.2 Å².